The molecule has 1 aliphatic carbocycles. The number of hydrogen-bond donors (Lipinski definition) is 0. The third kappa shape index (κ3) is 1.90. The number of hydrogen-bond acceptors (Lipinski definition) is 4. The van der Waals surface area contributed by atoms with Gasteiger partial charge in [0.1, 0.15) is 6.10 Å². The van der Waals surface area contributed by atoms with Crippen molar-refractivity contribution in [3.05, 3.63) is 48.0 Å². The van der Waals surface area contributed by atoms with E-state index in [0.29, 0.717) is 12.0 Å². The summed E-state index contributed by atoms with van der Waals surface area (Å²) in [7, 11) is 0. The molecule has 4 rings (SSSR count). The van der Waals surface area contributed by atoms with Crippen LogP contribution in [-0.2, 0) is 14.3 Å². The molecular formula is C14H12O4. The van der Waals surface area contributed by atoms with E-state index < -0.39 is 6.10 Å². The molecule has 0 aromatic heterocycles. The fourth-order valence-electron chi connectivity index (χ4n) is 2.24. The van der Waals surface area contributed by atoms with Gasteiger partial charge in [0, 0.05) is 6.42 Å². The van der Waals surface area contributed by atoms with Crippen molar-refractivity contribution >= 4 is 11.9 Å². The van der Waals surface area contributed by atoms with Gasteiger partial charge in [-0.1, -0.05) is 24.3 Å². The predicted octanol–water partition coefficient (Wildman–Crippen LogP) is 1.71. The monoisotopic (exact) mass is 244 g/mol. The van der Waals surface area contributed by atoms with Gasteiger partial charge in [-0.2, -0.15) is 0 Å². The second-order valence-corrected chi connectivity index (χ2v) is 4.44. The molecule has 1 saturated heterocycles. The Balaban J connectivity index is 1.70. The van der Waals surface area contributed by atoms with Gasteiger partial charge < -0.3 is 9.47 Å². The summed E-state index contributed by atoms with van der Waals surface area (Å²) in [5, 5.41) is 0. The van der Waals surface area contributed by atoms with Crippen molar-refractivity contribution in [2.24, 2.45) is 5.92 Å². The summed E-state index contributed by atoms with van der Waals surface area (Å²) in [5.74, 6) is -0.879. The van der Waals surface area contributed by atoms with Crippen molar-refractivity contribution in [3.63, 3.8) is 0 Å². The van der Waals surface area contributed by atoms with Crippen LogP contribution in [0.15, 0.2) is 42.5 Å². The SMILES string of the molecule is O=C(O[C@@H]1C[C@@H]2C=C[C@H]1OC2=O)c1ccccc1. The van der Waals surface area contributed by atoms with E-state index in [-0.39, 0.29) is 24.0 Å². The fraction of sp³-hybridized carbons (Fsp3) is 0.286. The van der Waals surface area contributed by atoms with Crippen LogP contribution in [0, 0.1) is 5.92 Å². The summed E-state index contributed by atoms with van der Waals surface area (Å²) in [5.41, 5.74) is 0.509. The summed E-state index contributed by atoms with van der Waals surface area (Å²) in [6.45, 7) is 0. The molecule has 0 N–H and O–H groups in total. The van der Waals surface area contributed by atoms with Crippen LogP contribution < -0.4 is 0 Å². The number of carbonyl (C=O) groups excluding carboxylic acids is 2. The smallest absolute Gasteiger partial charge is 0.338 e. The zero-order chi connectivity index (χ0) is 12.5. The van der Waals surface area contributed by atoms with Gasteiger partial charge in [-0.3, -0.25) is 4.79 Å². The summed E-state index contributed by atoms with van der Waals surface area (Å²) < 4.78 is 10.5. The van der Waals surface area contributed by atoms with E-state index in [0.717, 1.165) is 0 Å². The van der Waals surface area contributed by atoms with E-state index in [1.165, 1.54) is 0 Å². The molecule has 3 atom stereocenters. The quantitative estimate of drug-likeness (QED) is 0.587. The van der Waals surface area contributed by atoms with Gasteiger partial charge in [0.25, 0.3) is 0 Å². The van der Waals surface area contributed by atoms with E-state index in [4.69, 9.17) is 9.47 Å². The van der Waals surface area contributed by atoms with Crippen molar-refractivity contribution in [3.8, 4) is 0 Å². The molecule has 4 heteroatoms. The Labute approximate surface area is 104 Å². The molecule has 2 bridgehead atoms. The van der Waals surface area contributed by atoms with E-state index in [1.807, 2.05) is 12.1 Å². The highest BCUT2D eigenvalue weighted by Crippen LogP contribution is 2.30. The van der Waals surface area contributed by atoms with Gasteiger partial charge in [0.2, 0.25) is 0 Å². The molecule has 0 spiro atoms. The number of rotatable bonds is 2. The van der Waals surface area contributed by atoms with Gasteiger partial charge in [-0.25, -0.2) is 4.79 Å². The number of benzene rings is 1. The van der Waals surface area contributed by atoms with E-state index >= 15 is 0 Å². The van der Waals surface area contributed by atoms with E-state index in [2.05, 4.69) is 0 Å². The fourth-order valence-corrected chi connectivity index (χ4v) is 2.24. The normalized spacial score (nSPS) is 28.9. The molecule has 1 fully saturated rings. The average Bonchev–Trinajstić information content (AvgIpc) is 2.41. The number of carbonyl (C=O) groups is 2. The first-order chi connectivity index (χ1) is 8.74. The molecule has 92 valence electrons. The molecule has 1 aromatic carbocycles. The highest BCUT2D eigenvalue weighted by Gasteiger charge is 2.41. The molecule has 2 heterocycles. The Kier molecular flexibility index (Phi) is 2.63. The Morgan fingerprint density at radius 2 is 2.00 bits per heavy atom. The van der Waals surface area contributed by atoms with Crippen molar-refractivity contribution in [2.45, 2.75) is 18.6 Å². The molecule has 3 aliphatic rings. The first-order valence-corrected chi connectivity index (χ1v) is 5.89. The van der Waals surface area contributed by atoms with Crippen molar-refractivity contribution < 1.29 is 19.1 Å². The minimum absolute atomic E-state index is 0.227. The van der Waals surface area contributed by atoms with Gasteiger partial charge in [0.05, 0.1) is 11.5 Å². The third-order valence-electron chi connectivity index (χ3n) is 3.21. The molecule has 0 radical (unpaired) electrons. The molecule has 0 saturated carbocycles. The number of fused-ring (bicyclic) bond motifs is 2. The summed E-state index contributed by atoms with van der Waals surface area (Å²) in [6, 6.07) is 8.80. The van der Waals surface area contributed by atoms with E-state index in [9.17, 15) is 9.59 Å². The van der Waals surface area contributed by atoms with Crippen LogP contribution >= 0.6 is 0 Å². The summed E-state index contributed by atoms with van der Waals surface area (Å²) in [6.07, 6.45) is 3.32. The molecule has 4 nitrogen and oxygen atoms in total. The third-order valence-corrected chi connectivity index (χ3v) is 3.21. The van der Waals surface area contributed by atoms with Gasteiger partial charge in [-0.15, -0.1) is 0 Å². The first-order valence-electron chi connectivity index (χ1n) is 5.89. The minimum Gasteiger partial charge on any atom is -0.454 e. The Morgan fingerprint density at radius 1 is 1.22 bits per heavy atom. The maximum atomic E-state index is 11.9. The highest BCUT2D eigenvalue weighted by molar-refractivity contribution is 5.89. The average molecular weight is 244 g/mol. The van der Waals surface area contributed by atoms with Gasteiger partial charge in [0.15, 0.2) is 6.10 Å². The summed E-state index contributed by atoms with van der Waals surface area (Å²) in [4.78, 5) is 23.2. The molecule has 0 amide bonds. The largest absolute Gasteiger partial charge is 0.454 e. The molecular weight excluding hydrogens is 232 g/mol. The number of ether oxygens (including phenoxy) is 2. The standard InChI is InChI=1S/C14H12O4/c15-13(9-4-2-1-3-5-9)18-12-8-10-6-7-11(12)17-14(10)16/h1-7,10-12H,8H2/t10-,11+,12+/m0/s1. The van der Waals surface area contributed by atoms with Crippen LogP contribution in [0.2, 0.25) is 0 Å². The second-order valence-electron chi connectivity index (χ2n) is 4.44. The maximum absolute atomic E-state index is 11.9. The van der Waals surface area contributed by atoms with Gasteiger partial charge in [-0.05, 0) is 18.2 Å². The van der Waals surface area contributed by atoms with Crippen LogP contribution in [0.1, 0.15) is 16.8 Å². The van der Waals surface area contributed by atoms with Crippen LogP contribution in [-0.4, -0.2) is 24.1 Å². The molecule has 0 unspecified atom stereocenters. The number of esters is 2. The lowest BCUT2D eigenvalue weighted by atomic mass is 9.88. The van der Waals surface area contributed by atoms with E-state index in [1.54, 1.807) is 30.3 Å². The van der Waals surface area contributed by atoms with Crippen molar-refractivity contribution in [1.29, 1.82) is 0 Å². The van der Waals surface area contributed by atoms with Crippen molar-refractivity contribution in [1.82, 2.24) is 0 Å². The zero-order valence-electron chi connectivity index (χ0n) is 9.61. The lowest BCUT2D eigenvalue weighted by Crippen LogP contribution is -2.45. The lowest BCUT2D eigenvalue weighted by molar-refractivity contribution is -0.167. The molecule has 18 heavy (non-hydrogen) atoms. The highest BCUT2D eigenvalue weighted by atomic mass is 16.6. The van der Waals surface area contributed by atoms with Gasteiger partial charge >= 0.3 is 11.9 Å². The van der Waals surface area contributed by atoms with Crippen LogP contribution in [0.25, 0.3) is 0 Å². The molecule has 2 aliphatic heterocycles. The lowest BCUT2D eigenvalue weighted by Gasteiger charge is -2.36. The Morgan fingerprint density at radius 3 is 2.61 bits per heavy atom. The van der Waals surface area contributed by atoms with Crippen molar-refractivity contribution in [2.75, 3.05) is 0 Å². The van der Waals surface area contributed by atoms with Crippen LogP contribution in [0.4, 0.5) is 0 Å². The molecule has 1 aromatic rings. The second kappa shape index (κ2) is 4.29. The Bertz CT molecular complexity index is 506. The topological polar surface area (TPSA) is 52.6 Å². The minimum atomic E-state index is -0.435. The zero-order valence-corrected chi connectivity index (χ0v) is 9.61. The predicted molar refractivity (Wildman–Crippen MR) is 62.8 cm³/mol. The van der Waals surface area contributed by atoms with Crippen LogP contribution in [0.5, 0.6) is 0 Å². The maximum Gasteiger partial charge on any atom is 0.338 e. The first kappa shape index (κ1) is 11.0. The Hall–Kier alpha value is -2.10. The summed E-state index contributed by atoms with van der Waals surface area (Å²) >= 11 is 0. The van der Waals surface area contributed by atoms with Crippen LogP contribution in [0.3, 0.4) is 0 Å².